The third kappa shape index (κ3) is 3.81. The van der Waals surface area contributed by atoms with E-state index < -0.39 is 4.92 Å². The first-order valence-corrected chi connectivity index (χ1v) is 8.97. The van der Waals surface area contributed by atoms with Crippen molar-refractivity contribution >= 4 is 39.6 Å². The Bertz CT molecular complexity index is 1200. The SMILES string of the molecule is Cc1cc(C)cc(Nc2ncnc(Nc3cccc4ncccc34)c2[N+](=O)[O-])c1. The van der Waals surface area contributed by atoms with E-state index in [2.05, 4.69) is 25.6 Å². The minimum absolute atomic E-state index is 0.105. The Morgan fingerprint density at radius 3 is 2.34 bits per heavy atom. The highest BCUT2D eigenvalue weighted by Crippen LogP contribution is 2.34. The standard InChI is InChI=1S/C21H18N6O2/c1-13-9-14(2)11-15(10-13)25-20-19(27(28)29)21(24-12-23-20)26-18-7-3-6-17-16(18)5-4-8-22-17/h3-12H,1-2H3,(H2,23,24,25,26). The van der Waals surface area contributed by atoms with Crippen molar-refractivity contribution in [1.29, 1.82) is 0 Å². The summed E-state index contributed by atoms with van der Waals surface area (Å²) >= 11 is 0. The van der Waals surface area contributed by atoms with Gasteiger partial charge in [-0.15, -0.1) is 0 Å². The van der Waals surface area contributed by atoms with Gasteiger partial charge in [-0.1, -0.05) is 12.1 Å². The molecule has 8 heteroatoms. The summed E-state index contributed by atoms with van der Waals surface area (Å²) in [6, 6.07) is 15.1. The molecule has 0 aliphatic carbocycles. The monoisotopic (exact) mass is 386 g/mol. The van der Waals surface area contributed by atoms with Crippen LogP contribution in [0.4, 0.5) is 28.7 Å². The molecular weight excluding hydrogens is 368 g/mol. The maximum Gasteiger partial charge on any atom is 0.353 e. The molecule has 0 saturated carbocycles. The van der Waals surface area contributed by atoms with Gasteiger partial charge in [0.2, 0.25) is 11.6 Å². The van der Waals surface area contributed by atoms with E-state index in [9.17, 15) is 10.1 Å². The topological polar surface area (TPSA) is 106 Å². The van der Waals surface area contributed by atoms with E-state index in [4.69, 9.17) is 0 Å². The highest BCUT2D eigenvalue weighted by atomic mass is 16.6. The van der Waals surface area contributed by atoms with Gasteiger partial charge in [0.1, 0.15) is 6.33 Å². The first-order chi connectivity index (χ1) is 14.0. The first kappa shape index (κ1) is 18.3. The third-order valence-electron chi connectivity index (χ3n) is 4.39. The normalized spacial score (nSPS) is 10.7. The lowest BCUT2D eigenvalue weighted by Gasteiger charge is -2.12. The van der Waals surface area contributed by atoms with Crippen LogP contribution < -0.4 is 10.6 Å². The van der Waals surface area contributed by atoms with Crippen LogP contribution in [0.2, 0.25) is 0 Å². The number of pyridine rings is 1. The van der Waals surface area contributed by atoms with Gasteiger partial charge in [-0.25, -0.2) is 9.97 Å². The second-order valence-corrected chi connectivity index (χ2v) is 6.68. The van der Waals surface area contributed by atoms with Gasteiger partial charge in [0.25, 0.3) is 0 Å². The molecule has 0 atom stereocenters. The molecule has 2 aromatic carbocycles. The molecule has 0 radical (unpaired) electrons. The number of hydrogen-bond acceptors (Lipinski definition) is 7. The number of nitro groups is 1. The van der Waals surface area contributed by atoms with Gasteiger partial charge < -0.3 is 10.6 Å². The van der Waals surface area contributed by atoms with Crippen LogP contribution in [-0.4, -0.2) is 19.9 Å². The van der Waals surface area contributed by atoms with Gasteiger partial charge in [0, 0.05) is 23.0 Å². The van der Waals surface area contributed by atoms with E-state index in [1.807, 2.05) is 62.4 Å². The van der Waals surface area contributed by atoms with Gasteiger partial charge in [0.15, 0.2) is 0 Å². The lowest BCUT2D eigenvalue weighted by molar-refractivity contribution is -0.383. The van der Waals surface area contributed by atoms with Gasteiger partial charge in [0.05, 0.1) is 10.4 Å². The Kier molecular flexibility index (Phi) is 4.74. The lowest BCUT2D eigenvalue weighted by Crippen LogP contribution is -2.06. The Labute approximate surface area is 166 Å². The molecule has 0 bridgehead atoms. The minimum atomic E-state index is -0.489. The van der Waals surface area contributed by atoms with E-state index in [-0.39, 0.29) is 17.3 Å². The first-order valence-electron chi connectivity index (χ1n) is 8.97. The van der Waals surface area contributed by atoms with E-state index >= 15 is 0 Å². The van der Waals surface area contributed by atoms with E-state index in [1.165, 1.54) is 6.33 Å². The van der Waals surface area contributed by atoms with E-state index in [0.29, 0.717) is 5.69 Å². The molecule has 29 heavy (non-hydrogen) atoms. The van der Waals surface area contributed by atoms with Crippen LogP contribution in [0.25, 0.3) is 10.9 Å². The second kappa shape index (κ2) is 7.51. The van der Waals surface area contributed by atoms with Crippen LogP contribution in [0, 0.1) is 24.0 Å². The Hall–Kier alpha value is -4.07. The quantitative estimate of drug-likeness (QED) is 0.366. The molecule has 2 N–H and O–H groups in total. The van der Waals surface area contributed by atoms with Gasteiger partial charge in [-0.2, -0.15) is 0 Å². The van der Waals surface area contributed by atoms with E-state index in [0.717, 1.165) is 27.7 Å². The molecule has 4 rings (SSSR count). The zero-order valence-electron chi connectivity index (χ0n) is 15.9. The smallest absolute Gasteiger partial charge is 0.334 e. The molecule has 144 valence electrons. The van der Waals surface area contributed by atoms with Gasteiger partial charge >= 0.3 is 5.69 Å². The number of benzene rings is 2. The molecule has 2 aromatic heterocycles. The summed E-state index contributed by atoms with van der Waals surface area (Å²) in [4.78, 5) is 23.9. The molecule has 4 aromatic rings. The number of nitrogens with one attached hydrogen (secondary N) is 2. The van der Waals surface area contributed by atoms with Crippen LogP contribution in [0.3, 0.4) is 0 Å². The summed E-state index contributed by atoms with van der Waals surface area (Å²) in [5.41, 5.74) is 4.05. The van der Waals surface area contributed by atoms with Crippen molar-refractivity contribution in [2.75, 3.05) is 10.6 Å². The van der Waals surface area contributed by atoms with Gasteiger partial charge in [-0.3, -0.25) is 15.1 Å². The number of nitrogens with zero attached hydrogens (tertiary/aromatic N) is 4. The zero-order chi connectivity index (χ0) is 20.4. The van der Waals surface area contributed by atoms with Gasteiger partial charge in [-0.05, 0) is 61.4 Å². The number of hydrogen-bond donors (Lipinski definition) is 2. The fraction of sp³-hybridized carbons (Fsp3) is 0.0952. The summed E-state index contributed by atoms with van der Waals surface area (Å²) < 4.78 is 0. The Morgan fingerprint density at radius 2 is 1.62 bits per heavy atom. The average Bonchev–Trinajstić information content (AvgIpc) is 2.67. The molecule has 0 saturated heterocycles. The van der Waals surface area contributed by atoms with Crippen LogP contribution >= 0.6 is 0 Å². The zero-order valence-corrected chi connectivity index (χ0v) is 15.9. The number of rotatable bonds is 5. The van der Waals surface area contributed by atoms with Crippen LogP contribution in [-0.2, 0) is 0 Å². The fourth-order valence-corrected chi connectivity index (χ4v) is 3.26. The number of aromatic nitrogens is 3. The number of fused-ring (bicyclic) bond motifs is 1. The van der Waals surface area contributed by atoms with E-state index in [1.54, 1.807) is 6.20 Å². The predicted molar refractivity (Wildman–Crippen MR) is 113 cm³/mol. The highest BCUT2D eigenvalue weighted by molar-refractivity contribution is 5.93. The summed E-state index contributed by atoms with van der Waals surface area (Å²) in [6.45, 7) is 3.93. The molecule has 2 heterocycles. The summed E-state index contributed by atoms with van der Waals surface area (Å²) in [5, 5.41) is 18.8. The van der Waals surface area contributed by atoms with Crippen molar-refractivity contribution in [2.24, 2.45) is 0 Å². The molecule has 0 aliphatic rings. The lowest BCUT2D eigenvalue weighted by atomic mass is 10.1. The molecule has 0 amide bonds. The largest absolute Gasteiger partial charge is 0.353 e. The van der Waals surface area contributed by atoms with Crippen molar-refractivity contribution in [3.05, 3.63) is 82.3 Å². The van der Waals surface area contributed by atoms with Crippen molar-refractivity contribution in [1.82, 2.24) is 15.0 Å². The fourth-order valence-electron chi connectivity index (χ4n) is 3.26. The maximum atomic E-state index is 11.9. The number of anilines is 4. The molecule has 0 fully saturated rings. The van der Waals surface area contributed by atoms with Crippen LogP contribution in [0.5, 0.6) is 0 Å². The van der Waals surface area contributed by atoms with Crippen molar-refractivity contribution < 1.29 is 4.92 Å². The Morgan fingerprint density at radius 1 is 0.897 bits per heavy atom. The Balaban J connectivity index is 1.76. The molecule has 0 unspecified atom stereocenters. The summed E-state index contributed by atoms with van der Waals surface area (Å²) in [7, 11) is 0. The predicted octanol–water partition coefficient (Wildman–Crippen LogP) is 5.04. The molecule has 0 spiro atoms. The van der Waals surface area contributed by atoms with Crippen molar-refractivity contribution in [2.45, 2.75) is 13.8 Å². The van der Waals surface area contributed by atoms with Crippen LogP contribution in [0.15, 0.2) is 61.1 Å². The minimum Gasteiger partial charge on any atom is -0.334 e. The van der Waals surface area contributed by atoms with Crippen molar-refractivity contribution in [3.8, 4) is 0 Å². The highest BCUT2D eigenvalue weighted by Gasteiger charge is 2.24. The molecular formula is C21H18N6O2. The summed E-state index contributed by atoms with van der Waals surface area (Å²) in [5.74, 6) is 0.226. The number of aryl methyl sites for hydroxylation is 2. The average molecular weight is 386 g/mol. The van der Waals surface area contributed by atoms with Crippen molar-refractivity contribution in [3.63, 3.8) is 0 Å². The second-order valence-electron chi connectivity index (χ2n) is 6.68. The summed E-state index contributed by atoms with van der Waals surface area (Å²) in [6.07, 6.45) is 2.99. The molecule has 0 aliphatic heterocycles. The van der Waals surface area contributed by atoms with Crippen LogP contribution in [0.1, 0.15) is 11.1 Å². The maximum absolute atomic E-state index is 11.9. The third-order valence-corrected chi connectivity index (χ3v) is 4.39. The molecule has 8 nitrogen and oxygen atoms in total.